The first-order valence-electron chi connectivity index (χ1n) is 5.65. The normalized spacial score (nSPS) is 13.8. The Bertz CT molecular complexity index is 441. The van der Waals surface area contributed by atoms with E-state index < -0.39 is 10.0 Å². The maximum Gasteiger partial charge on any atom is 0.259 e. The number of aryl methyl sites for hydroxylation is 1. The van der Waals surface area contributed by atoms with E-state index in [4.69, 9.17) is 0 Å². The second-order valence-electron chi connectivity index (χ2n) is 4.06. The highest BCUT2D eigenvalue weighted by Crippen LogP contribution is 2.05. The van der Waals surface area contributed by atoms with E-state index in [1.54, 1.807) is 4.57 Å². The van der Waals surface area contributed by atoms with E-state index in [1.807, 2.05) is 20.9 Å². The molecule has 1 atom stereocenters. The average molecular weight is 260 g/mol. The standard InChI is InChI=1S/C10H20N4O2S/c1-4-14-7-10(12-8-14)17(15,16)13-6-9(2)5-11-3/h7-9,11,13H,4-6H2,1-3H3. The van der Waals surface area contributed by atoms with Crippen LogP contribution in [0.25, 0.3) is 0 Å². The van der Waals surface area contributed by atoms with Gasteiger partial charge in [0.05, 0.1) is 6.33 Å². The van der Waals surface area contributed by atoms with E-state index >= 15 is 0 Å². The minimum absolute atomic E-state index is 0.0796. The summed E-state index contributed by atoms with van der Waals surface area (Å²) in [5, 5.41) is 3.08. The molecule has 0 saturated heterocycles. The van der Waals surface area contributed by atoms with Gasteiger partial charge in [-0.2, -0.15) is 0 Å². The zero-order valence-corrected chi connectivity index (χ0v) is 11.3. The van der Waals surface area contributed by atoms with Gasteiger partial charge in [0.2, 0.25) is 0 Å². The lowest BCUT2D eigenvalue weighted by atomic mass is 10.2. The van der Waals surface area contributed by atoms with Crippen LogP contribution < -0.4 is 10.0 Å². The molecule has 7 heteroatoms. The van der Waals surface area contributed by atoms with E-state index in [0.29, 0.717) is 13.1 Å². The Morgan fingerprint density at radius 3 is 2.71 bits per heavy atom. The highest BCUT2D eigenvalue weighted by Gasteiger charge is 2.17. The van der Waals surface area contributed by atoms with Crippen LogP contribution in [0.4, 0.5) is 0 Å². The lowest BCUT2D eigenvalue weighted by Crippen LogP contribution is -2.32. The number of sulfonamides is 1. The Morgan fingerprint density at radius 2 is 2.18 bits per heavy atom. The van der Waals surface area contributed by atoms with Crippen LogP contribution in [0.5, 0.6) is 0 Å². The SMILES string of the molecule is CCn1cnc(S(=O)(=O)NCC(C)CNC)c1. The van der Waals surface area contributed by atoms with Crippen LogP contribution in [0.3, 0.4) is 0 Å². The van der Waals surface area contributed by atoms with Gasteiger partial charge < -0.3 is 9.88 Å². The van der Waals surface area contributed by atoms with Crippen molar-refractivity contribution in [1.82, 2.24) is 19.6 Å². The van der Waals surface area contributed by atoms with Crippen molar-refractivity contribution in [3.05, 3.63) is 12.5 Å². The van der Waals surface area contributed by atoms with Gasteiger partial charge in [-0.05, 0) is 26.4 Å². The maximum atomic E-state index is 11.9. The molecule has 0 aliphatic rings. The summed E-state index contributed by atoms with van der Waals surface area (Å²) in [6.45, 7) is 5.79. The molecule has 0 saturated carbocycles. The molecule has 6 nitrogen and oxygen atoms in total. The molecule has 2 N–H and O–H groups in total. The van der Waals surface area contributed by atoms with Gasteiger partial charge >= 0.3 is 0 Å². The molecule has 0 amide bonds. The van der Waals surface area contributed by atoms with Crippen molar-refractivity contribution in [2.24, 2.45) is 5.92 Å². The predicted molar refractivity (Wildman–Crippen MR) is 66.2 cm³/mol. The molecule has 1 rings (SSSR count). The summed E-state index contributed by atoms with van der Waals surface area (Å²) in [6.07, 6.45) is 3.05. The van der Waals surface area contributed by atoms with Crippen LogP contribution in [0, 0.1) is 5.92 Å². The maximum absolute atomic E-state index is 11.9. The van der Waals surface area contributed by atoms with Gasteiger partial charge in [0.1, 0.15) is 0 Å². The van der Waals surface area contributed by atoms with Crippen molar-refractivity contribution in [2.45, 2.75) is 25.4 Å². The number of hydrogen-bond acceptors (Lipinski definition) is 4. The quantitative estimate of drug-likeness (QED) is 0.725. The van der Waals surface area contributed by atoms with Gasteiger partial charge in [-0.15, -0.1) is 0 Å². The minimum Gasteiger partial charge on any atom is -0.336 e. The summed E-state index contributed by atoms with van der Waals surface area (Å²) in [6, 6.07) is 0. The summed E-state index contributed by atoms with van der Waals surface area (Å²) >= 11 is 0. The minimum atomic E-state index is -3.47. The van der Waals surface area contributed by atoms with Crippen molar-refractivity contribution in [3.63, 3.8) is 0 Å². The smallest absolute Gasteiger partial charge is 0.259 e. The molecule has 0 aliphatic carbocycles. The van der Waals surface area contributed by atoms with E-state index in [9.17, 15) is 8.42 Å². The van der Waals surface area contributed by atoms with E-state index in [1.165, 1.54) is 12.5 Å². The van der Waals surface area contributed by atoms with Crippen LogP contribution >= 0.6 is 0 Å². The summed E-state index contributed by atoms with van der Waals surface area (Å²) in [5.41, 5.74) is 0. The lowest BCUT2D eigenvalue weighted by molar-refractivity contribution is 0.517. The second-order valence-corrected chi connectivity index (χ2v) is 5.77. The van der Waals surface area contributed by atoms with Gasteiger partial charge in [0.15, 0.2) is 5.03 Å². The van der Waals surface area contributed by atoms with Gasteiger partial charge in [-0.1, -0.05) is 6.92 Å². The third-order valence-electron chi connectivity index (χ3n) is 2.42. The van der Waals surface area contributed by atoms with E-state index in [0.717, 1.165) is 6.54 Å². The zero-order valence-electron chi connectivity index (χ0n) is 10.5. The summed E-state index contributed by atoms with van der Waals surface area (Å²) in [7, 11) is -1.63. The van der Waals surface area contributed by atoms with Crippen molar-refractivity contribution >= 4 is 10.0 Å². The van der Waals surface area contributed by atoms with Crippen molar-refractivity contribution < 1.29 is 8.42 Å². The van der Waals surface area contributed by atoms with E-state index in [2.05, 4.69) is 15.0 Å². The first-order valence-corrected chi connectivity index (χ1v) is 7.14. The van der Waals surface area contributed by atoms with Gasteiger partial charge in [0.25, 0.3) is 10.0 Å². The fourth-order valence-corrected chi connectivity index (χ4v) is 2.51. The topological polar surface area (TPSA) is 76.0 Å². The Labute approximate surface area is 102 Å². The van der Waals surface area contributed by atoms with Crippen LogP contribution in [0.15, 0.2) is 17.6 Å². The number of imidazole rings is 1. The molecule has 17 heavy (non-hydrogen) atoms. The molecule has 0 aromatic carbocycles. The van der Waals surface area contributed by atoms with Gasteiger partial charge in [0, 0.05) is 19.3 Å². The summed E-state index contributed by atoms with van der Waals surface area (Å²) < 4.78 is 28.0. The molecule has 0 aliphatic heterocycles. The van der Waals surface area contributed by atoms with Gasteiger partial charge in [-0.3, -0.25) is 0 Å². The fraction of sp³-hybridized carbons (Fsp3) is 0.700. The summed E-state index contributed by atoms with van der Waals surface area (Å²) in [4.78, 5) is 3.88. The predicted octanol–water partition coefficient (Wildman–Crippen LogP) is 0.0368. The largest absolute Gasteiger partial charge is 0.336 e. The Kier molecular flexibility index (Phi) is 5.10. The second kappa shape index (κ2) is 6.13. The third-order valence-corrected chi connectivity index (χ3v) is 3.73. The van der Waals surface area contributed by atoms with Crippen molar-refractivity contribution in [3.8, 4) is 0 Å². The molecule has 98 valence electrons. The molecule has 0 fully saturated rings. The number of nitrogens with zero attached hydrogens (tertiary/aromatic N) is 2. The van der Waals surface area contributed by atoms with E-state index in [-0.39, 0.29) is 10.9 Å². The zero-order chi connectivity index (χ0) is 12.9. The Hall–Kier alpha value is -0.920. The molecule has 1 aromatic heterocycles. The van der Waals surface area contributed by atoms with Crippen molar-refractivity contribution in [2.75, 3.05) is 20.1 Å². The van der Waals surface area contributed by atoms with Gasteiger partial charge in [-0.25, -0.2) is 18.1 Å². The molecule has 0 bridgehead atoms. The average Bonchev–Trinajstić information content (AvgIpc) is 2.76. The van der Waals surface area contributed by atoms with Crippen molar-refractivity contribution in [1.29, 1.82) is 0 Å². The van der Waals surface area contributed by atoms with Crippen LogP contribution in [-0.2, 0) is 16.6 Å². The highest BCUT2D eigenvalue weighted by molar-refractivity contribution is 7.89. The fourth-order valence-electron chi connectivity index (χ4n) is 1.40. The number of nitrogens with one attached hydrogen (secondary N) is 2. The summed E-state index contributed by atoms with van der Waals surface area (Å²) in [5.74, 6) is 0.239. The molecule has 1 heterocycles. The molecule has 1 aromatic rings. The number of aromatic nitrogens is 2. The molecular weight excluding hydrogens is 240 g/mol. The Morgan fingerprint density at radius 1 is 1.47 bits per heavy atom. The Balaban J connectivity index is 2.62. The molecule has 0 spiro atoms. The number of hydrogen-bond donors (Lipinski definition) is 2. The molecular formula is C10H20N4O2S. The van der Waals surface area contributed by atoms with Crippen LogP contribution in [0.2, 0.25) is 0 Å². The monoisotopic (exact) mass is 260 g/mol. The number of rotatable bonds is 7. The van der Waals surface area contributed by atoms with Crippen LogP contribution in [-0.4, -0.2) is 38.1 Å². The molecule has 1 unspecified atom stereocenters. The third kappa shape index (κ3) is 4.10. The first-order chi connectivity index (χ1) is 7.99. The van der Waals surface area contributed by atoms with Crippen LogP contribution in [0.1, 0.15) is 13.8 Å². The lowest BCUT2D eigenvalue weighted by Gasteiger charge is -2.11. The molecule has 0 radical (unpaired) electrons. The first kappa shape index (κ1) is 14.1. The highest BCUT2D eigenvalue weighted by atomic mass is 32.2.